The molecule has 0 aromatic heterocycles. The lowest BCUT2D eigenvalue weighted by molar-refractivity contribution is 0.0377. The molecule has 244 valence electrons. The van der Waals surface area contributed by atoms with E-state index in [4.69, 9.17) is 18.9 Å². The molecule has 8 nitrogen and oxygen atoms in total. The summed E-state index contributed by atoms with van der Waals surface area (Å²) in [6.45, 7) is 12.2. The van der Waals surface area contributed by atoms with E-state index in [1.165, 1.54) is 0 Å². The maximum atomic E-state index is 13.0. The van der Waals surface area contributed by atoms with Gasteiger partial charge in [0.2, 0.25) is 0 Å². The van der Waals surface area contributed by atoms with E-state index in [1.54, 1.807) is 6.07 Å². The minimum atomic E-state index is -0.992. The van der Waals surface area contributed by atoms with Gasteiger partial charge in [0, 0.05) is 13.2 Å². The third-order valence-corrected chi connectivity index (χ3v) is 8.24. The van der Waals surface area contributed by atoms with Crippen molar-refractivity contribution in [2.75, 3.05) is 52.9 Å². The molecular weight excluding hydrogens is 584 g/mol. The number of benzene rings is 5. The Morgan fingerprint density at radius 1 is 0.543 bits per heavy atom. The van der Waals surface area contributed by atoms with Gasteiger partial charge in [0.15, 0.2) is 0 Å². The van der Waals surface area contributed by atoms with Crippen molar-refractivity contribution in [2.45, 2.75) is 40.5 Å². The van der Waals surface area contributed by atoms with Crippen LogP contribution in [0.25, 0.3) is 43.1 Å². The lowest BCUT2D eigenvalue weighted by Gasteiger charge is -2.23. The fourth-order valence-corrected chi connectivity index (χ4v) is 6.42. The summed E-state index contributed by atoms with van der Waals surface area (Å²) in [6.07, 6.45) is 0.866. The number of rotatable bonds is 18. The van der Waals surface area contributed by atoms with Gasteiger partial charge in [0.25, 0.3) is 0 Å². The number of carbonyl (C=O) groups is 2. The van der Waals surface area contributed by atoms with E-state index in [0.717, 1.165) is 37.9 Å². The molecule has 0 atom stereocenters. The van der Waals surface area contributed by atoms with Crippen LogP contribution in [0.15, 0.2) is 48.5 Å². The van der Waals surface area contributed by atoms with Crippen LogP contribution in [-0.4, -0.2) is 75.0 Å². The average molecular weight is 629 g/mol. The maximum Gasteiger partial charge on any atom is 0.336 e. The molecular formula is C38H44O8. The highest BCUT2D eigenvalue weighted by molar-refractivity contribution is 6.36. The normalized spacial score (nSPS) is 12.1. The summed E-state index contributed by atoms with van der Waals surface area (Å²) < 4.78 is 23.3. The molecule has 0 amide bonds. The first-order chi connectivity index (χ1) is 22.2. The maximum absolute atomic E-state index is 13.0. The standard InChI is InChI=1S/C38H44O8/c1-23(2)21-45-19-17-43-15-13-28-29(14-16-44-18-20-46-22-24(3)4)36(38(41)42)32-10-5-7-25-27-11-12-30(37(39)40)26-8-6-9-31(33(26)27)35(28)34(25)32/h5-12,23-24H,13-22H2,1-4H3,(H,39,40)(H,41,42). The molecule has 0 aliphatic heterocycles. The highest BCUT2D eigenvalue weighted by Crippen LogP contribution is 2.45. The van der Waals surface area contributed by atoms with Crippen molar-refractivity contribution in [1.82, 2.24) is 0 Å². The lowest BCUT2D eigenvalue weighted by atomic mass is 9.81. The number of aromatic carboxylic acids is 2. The van der Waals surface area contributed by atoms with E-state index < -0.39 is 11.9 Å². The van der Waals surface area contributed by atoms with Crippen molar-refractivity contribution >= 4 is 55.0 Å². The largest absolute Gasteiger partial charge is 0.478 e. The smallest absolute Gasteiger partial charge is 0.336 e. The van der Waals surface area contributed by atoms with Gasteiger partial charge in [-0.2, -0.15) is 0 Å². The summed E-state index contributed by atoms with van der Waals surface area (Å²) in [4.78, 5) is 25.3. The number of carboxylic acids is 2. The van der Waals surface area contributed by atoms with Gasteiger partial charge < -0.3 is 29.2 Å². The van der Waals surface area contributed by atoms with Gasteiger partial charge in [0.1, 0.15) is 0 Å². The molecule has 46 heavy (non-hydrogen) atoms. The Morgan fingerprint density at radius 3 is 1.65 bits per heavy atom. The van der Waals surface area contributed by atoms with Crippen LogP contribution < -0.4 is 0 Å². The first-order valence-corrected chi connectivity index (χ1v) is 16.1. The summed E-state index contributed by atoms with van der Waals surface area (Å²) in [5.41, 5.74) is 2.11. The number of carboxylic acid groups (broad SMARTS) is 2. The van der Waals surface area contributed by atoms with Gasteiger partial charge in [-0.3, -0.25) is 0 Å². The monoisotopic (exact) mass is 628 g/mol. The van der Waals surface area contributed by atoms with Crippen LogP contribution in [-0.2, 0) is 31.8 Å². The van der Waals surface area contributed by atoms with E-state index in [9.17, 15) is 19.8 Å². The number of hydrogen-bond donors (Lipinski definition) is 2. The predicted octanol–water partition coefficient (Wildman–Crippen LogP) is 7.60. The molecule has 0 aliphatic rings. The molecule has 0 aliphatic carbocycles. The van der Waals surface area contributed by atoms with Crippen molar-refractivity contribution < 1.29 is 38.7 Å². The first kappa shape index (κ1) is 33.5. The van der Waals surface area contributed by atoms with E-state index >= 15 is 0 Å². The Hall–Kier alpha value is -3.82. The molecule has 0 spiro atoms. The quantitative estimate of drug-likeness (QED) is 0.0580. The molecule has 0 radical (unpaired) electrons. The van der Waals surface area contributed by atoms with E-state index in [-0.39, 0.29) is 11.1 Å². The lowest BCUT2D eigenvalue weighted by Crippen LogP contribution is -2.15. The minimum Gasteiger partial charge on any atom is -0.478 e. The molecule has 0 unspecified atom stereocenters. The van der Waals surface area contributed by atoms with Crippen LogP contribution in [0, 0.1) is 11.8 Å². The topological polar surface area (TPSA) is 112 Å². The molecule has 5 rings (SSSR count). The summed E-state index contributed by atoms with van der Waals surface area (Å²) in [5, 5.41) is 27.4. The summed E-state index contributed by atoms with van der Waals surface area (Å²) in [6, 6.07) is 15.0. The van der Waals surface area contributed by atoms with Crippen molar-refractivity contribution in [3.63, 3.8) is 0 Å². The summed E-state index contributed by atoms with van der Waals surface area (Å²) in [5.74, 6) is -1.11. The number of fused-ring (bicyclic) bond motifs is 2. The second kappa shape index (κ2) is 15.2. The van der Waals surface area contributed by atoms with E-state index in [0.29, 0.717) is 93.9 Å². The van der Waals surface area contributed by atoms with Crippen molar-refractivity contribution in [1.29, 1.82) is 0 Å². The Balaban J connectivity index is 1.64. The van der Waals surface area contributed by atoms with Gasteiger partial charge in [-0.05, 0) is 85.0 Å². The zero-order valence-electron chi connectivity index (χ0n) is 27.2. The highest BCUT2D eigenvalue weighted by atomic mass is 16.5. The third kappa shape index (κ3) is 7.10. The van der Waals surface area contributed by atoms with Crippen LogP contribution in [0.3, 0.4) is 0 Å². The highest BCUT2D eigenvalue weighted by Gasteiger charge is 2.26. The van der Waals surface area contributed by atoms with Gasteiger partial charge in [0.05, 0.1) is 50.8 Å². The molecule has 5 aromatic carbocycles. The van der Waals surface area contributed by atoms with E-state index in [1.807, 2.05) is 42.5 Å². The van der Waals surface area contributed by atoms with Crippen molar-refractivity contribution in [3.05, 3.63) is 70.8 Å². The van der Waals surface area contributed by atoms with Gasteiger partial charge in [-0.1, -0.05) is 70.2 Å². The van der Waals surface area contributed by atoms with Crippen LogP contribution in [0.1, 0.15) is 59.5 Å². The molecule has 0 heterocycles. The SMILES string of the molecule is CC(C)COCCOCCc1c(C(=O)O)c2cccc3c4ccc(C(=O)O)c5cccc(c(c1CCOCCOCC(C)C)c23)c54. The molecule has 2 N–H and O–H groups in total. The molecule has 0 fully saturated rings. The van der Waals surface area contributed by atoms with Gasteiger partial charge >= 0.3 is 11.9 Å². The Kier molecular flexibility index (Phi) is 11.1. The number of hydrogen-bond acceptors (Lipinski definition) is 6. The zero-order valence-corrected chi connectivity index (χ0v) is 27.2. The Labute approximate surface area is 269 Å². The minimum absolute atomic E-state index is 0.234. The molecule has 5 aromatic rings. The number of ether oxygens (including phenoxy) is 4. The fraction of sp³-hybridized carbons (Fsp3) is 0.421. The van der Waals surface area contributed by atoms with Gasteiger partial charge in [-0.15, -0.1) is 0 Å². The second-order valence-electron chi connectivity index (χ2n) is 12.6. The fourth-order valence-electron chi connectivity index (χ4n) is 6.42. The summed E-state index contributed by atoms with van der Waals surface area (Å²) in [7, 11) is 0. The Bertz CT molecular complexity index is 1820. The van der Waals surface area contributed by atoms with E-state index in [2.05, 4.69) is 27.7 Å². The summed E-state index contributed by atoms with van der Waals surface area (Å²) >= 11 is 0. The van der Waals surface area contributed by atoms with Crippen LogP contribution >= 0.6 is 0 Å². The predicted molar refractivity (Wildman–Crippen MR) is 182 cm³/mol. The second-order valence-corrected chi connectivity index (χ2v) is 12.6. The zero-order chi connectivity index (χ0) is 32.8. The molecule has 0 saturated heterocycles. The van der Waals surface area contributed by atoms with Crippen molar-refractivity contribution in [3.8, 4) is 0 Å². The Morgan fingerprint density at radius 2 is 1.07 bits per heavy atom. The first-order valence-electron chi connectivity index (χ1n) is 16.1. The van der Waals surface area contributed by atoms with Crippen molar-refractivity contribution in [2.24, 2.45) is 11.8 Å². The third-order valence-electron chi connectivity index (χ3n) is 8.24. The molecule has 0 bridgehead atoms. The van der Waals surface area contributed by atoms with Gasteiger partial charge in [-0.25, -0.2) is 9.59 Å². The molecule has 8 heteroatoms. The molecule has 0 saturated carbocycles. The van der Waals surface area contributed by atoms with Crippen LogP contribution in [0.5, 0.6) is 0 Å². The average Bonchev–Trinajstić information content (AvgIpc) is 3.01. The van der Waals surface area contributed by atoms with Crippen LogP contribution in [0.4, 0.5) is 0 Å². The van der Waals surface area contributed by atoms with Crippen LogP contribution in [0.2, 0.25) is 0 Å².